The summed E-state index contributed by atoms with van der Waals surface area (Å²) in [6.07, 6.45) is -0.394. The molecule has 0 amide bonds. The molecule has 90 valence electrons. The molecule has 1 aliphatic heterocycles. The summed E-state index contributed by atoms with van der Waals surface area (Å²) in [5.74, 6) is -0.329. The van der Waals surface area contributed by atoms with Gasteiger partial charge in [-0.15, -0.1) is 0 Å². The third kappa shape index (κ3) is 3.16. The molecule has 0 aliphatic carbocycles. The molecule has 1 atom stereocenters. The standard InChI is InChI=1S/C12H14FN3O/c13-10-3-9(4-11(15)5-10)7-16-1-2-17-12(6-14)8-16/h3-5,12H,1-2,7-8,15H2. The van der Waals surface area contributed by atoms with Crippen molar-refractivity contribution < 1.29 is 9.13 Å². The third-order valence-corrected chi connectivity index (χ3v) is 2.68. The number of morpholine rings is 1. The maximum absolute atomic E-state index is 13.1. The van der Waals surface area contributed by atoms with Crippen LogP contribution in [0.25, 0.3) is 0 Å². The van der Waals surface area contributed by atoms with Gasteiger partial charge < -0.3 is 10.5 Å². The van der Waals surface area contributed by atoms with E-state index in [1.807, 2.05) is 0 Å². The van der Waals surface area contributed by atoms with E-state index in [1.165, 1.54) is 12.1 Å². The van der Waals surface area contributed by atoms with E-state index in [-0.39, 0.29) is 5.82 Å². The molecule has 0 bridgehead atoms. The summed E-state index contributed by atoms with van der Waals surface area (Å²) in [4.78, 5) is 2.06. The normalized spacial score (nSPS) is 21.1. The molecule has 1 aromatic carbocycles. The Morgan fingerprint density at radius 2 is 2.35 bits per heavy atom. The van der Waals surface area contributed by atoms with E-state index in [0.29, 0.717) is 25.4 Å². The fourth-order valence-electron chi connectivity index (χ4n) is 1.95. The first-order valence-corrected chi connectivity index (χ1v) is 5.46. The van der Waals surface area contributed by atoms with Gasteiger partial charge in [0.1, 0.15) is 5.82 Å². The van der Waals surface area contributed by atoms with Crippen LogP contribution in [0.5, 0.6) is 0 Å². The molecule has 17 heavy (non-hydrogen) atoms. The van der Waals surface area contributed by atoms with Crippen LogP contribution in [0.15, 0.2) is 18.2 Å². The molecule has 5 heteroatoms. The molecule has 4 nitrogen and oxygen atoms in total. The van der Waals surface area contributed by atoms with Crippen LogP contribution in [0.4, 0.5) is 10.1 Å². The fraction of sp³-hybridized carbons (Fsp3) is 0.417. The fourth-order valence-corrected chi connectivity index (χ4v) is 1.95. The van der Waals surface area contributed by atoms with Crippen molar-refractivity contribution in [3.8, 4) is 6.07 Å². The number of nitrogens with two attached hydrogens (primary N) is 1. The maximum atomic E-state index is 13.1. The SMILES string of the molecule is N#CC1CN(Cc2cc(N)cc(F)c2)CCO1. The highest BCUT2D eigenvalue weighted by Gasteiger charge is 2.19. The largest absolute Gasteiger partial charge is 0.399 e. The third-order valence-electron chi connectivity index (χ3n) is 2.68. The Morgan fingerprint density at radius 3 is 3.06 bits per heavy atom. The number of hydrogen-bond acceptors (Lipinski definition) is 4. The van der Waals surface area contributed by atoms with Crippen LogP contribution < -0.4 is 5.73 Å². The highest BCUT2D eigenvalue weighted by molar-refractivity contribution is 5.41. The Morgan fingerprint density at radius 1 is 1.53 bits per heavy atom. The minimum Gasteiger partial charge on any atom is -0.399 e. The Balaban J connectivity index is 2.03. The van der Waals surface area contributed by atoms with Crippen molar-refractivity contribution in [1.29, 1.82) is 5.26 Å². The van der Waals surface area contributed by atoms with Crippen molar-refractivity contribution in [2.75, 3.05) is 25.4 Å². The van der Waals surface area contributed by atoms with Crippen molar-refractivity contribution in [2.24, 2.45) is 0 Å². The number of anilines is 1. The van der Waals surface area contributed by atoms with E-state index >= 15 is 0 Å². The number of nitrogen functional groups attached to an aromatic ring is 1. The molecule has 0 spiro atoms. The molecule has 1 heterocycles. The molecule has 0 radical (unpaired) electrons. The highest BCUT2D eigenvalue weighted by atomic mass is 19.1. The van der Waals surface area contributed by atoms with Gasteiger partial charge in [-0.1, -0.05) is 0 Å². The quantitative estimate of drug-likeness (QED) is 0.781. The molecular weight excluding hydrogens is 221 g/mol. The zero-order valence-corrected chi connectivity index (χ0v) is 9.40. The maximum Gasteiger partial charge on any atom is 0.156 e. The number of rotatable bonds is 2. The van der Waals surface area contributed by atoms with Crippen molar-refractivity contribution in [3.63, 3.8) is 0 Å². The van der Waals surface area contributed by atoms with Crippen molar-refractivity contribution in [3.05, 3.63) is 29.6 Å². The average Bonchev–Trinajstić information content (AvgIpc) is 2.28. The summed E-state index contributed by atoms with van der Waals surface area (Å²) >= 11 is 0. The molecular formula is C12H14FN3O. The second-order valence-corrected chi connectivity index (χ2v) is 4.12. The number of nitriles is 1. The van der Waals surface area contributed by atoms with E-state index in [4.69, 9.17) is 15.7 Å². The average molecular weight is 235 g/mol. The lowest BCUT2D eigenvalue weighted by atomic mass is 10.1. The highest BCUT2D eigenvalue weighted by Crippen LogP contribution is 2.14. The second kappa shape index (κ2) is 5.13. The lowest BCUT2D eigenvalue weighted by Crippen LogP contribution is -2.41. The molecule has 2 rings (SSSR count). The predicted octanol–water partition coefficient (Wildman–Crippen LogP) is 1.13. The number of hydrogen-bond donors (Lipinski definition) is 1. The van der Waals surface area contributed by atoms with E-state index < -0.39 is 6.10 Å². The molecule has 2 N–H and O–H groups in total. The van der Waals surface area contributed by atoms with Gasteiger partial charge in [0.25, 0.3) is 0 Å². The van der Waals surface area contributed by atoms with Gasteiger partial charge in [0.2, 0.25) is 0 Å². The van der Waals surface area contributed by atoms with Gasteiger partial charge in [-0.2, -0.15) is 5.26 Å². The Hall–Kier alpha value is -1.64. The first kappa shape index (κ1) is 11.8. The van der Waals surface area contributed by atoms with E-state index in [0.717, 1.165) is 12.1 Å². The van der Waals surface area contributed by atoms with E-state index in [9.17, 15) is 4.39 Å². The summed E-state index contributed by atoms with van der Waals surface area (Å²) in [6.45, 7) is 2.41. The molecule has 0 saturated carbocycles. The first-order valence-electron chi connectivity index (χ1n) is 5.46. The molecule has 1 fully saturated rings. The van der Waals surface area contributed by atoms with Gasteiger partial charge in [0.05, 0.1) is 12.7 Å². The van der Waals surface area contributed by atoms with Gasteiger partial charge in [-0.3, -0.25) is 4.90 Å². The van der Waals surface area contributed by atoms with E-state index in [1.54, 1.807) is 6.07 Å². The van der Waals surface area contributed by atoms with Gasteiger partial charge >= 0.3 is 0 Å². The minimum absolute atomic E-state index is 0.329. The van der Waals surface area contributed by atoms with Crippen LogP contribution in [0.2, 0.25) is 0 Å². The monoisotopic (exact) mass is 235 g/mol. The zero-order chi connectivity index (χ0) is 12.3. The van der Waals surface area contributed by atoms with Crippen molar-refractivity contribution in [1.82, 2.24) is 4.90 Å². The van der Waals surface area contributed by atoms with Gasteiger partial charge in [-0.05, 0) is 23.8 Å². The van der Waals surface area contributed by atoms with Crippen LogP contribution in [-0.4, -0.2) is 30.7 Å². The number of nitrogens with zero attached hydrogens (tertiary/aromatic N) is 2. The lowest BCUT2D eigenvalue weighted by molar-refractivity contribution is -0.00270. The number of halogens is 1. The number of ether oxygens (including phenoxy) is 1. The van der Waals surface area contributed by atoms with Gasteiger partial charge in [0, 0.05) is 25.3 Å². The van der Waals surface area contributed by atoms with Crippen molar-refractivity contribution in [2.45, 2.75) is 12.6 Å². The molecule has 1 aromatic rings. The molecule has 1 unspecified atom stereocenters. The molecule has 1 saturated heterocycles. The lowest BCUT2D eigenvalue weighted by Gasteiger charge is -2.29. The zero-order valence-electron chi connectivity index (χ0n) is 9.40. The Labute approximate surface area is 99.4 Å². The van der Waals surface area contributed by atoms with Crippen LogP contribution >= 0.6 is 0 Å². The summed E-state index contributed by atoms with van der Waals surface area (Å²) in [5, 5.41) is 8.78. The number of benzene rings is 1. The minimum atomic E-state index is -0.394. The van der Waals surface area contributed by atoms with Gasteiger partial charge in [-0.25, -0.2) is 4.39 Å². The topological polar surface area (TPSA) is 62.3 Å². The van der Waals surface area contributed by atoms with Crippen LogP contribution in [0.1, 0.15) is 5.56 Å². The summed E-state index contributed by atoms with van der Waals surface area (Å²) in [6, 6.07) is 6.59. The molecule has 1 aliphatic rings. The predicted molar refractivity (Wildman–Crippen MR) is 61.4 cm³/mol. The Kier molecular flexibility index (Phi) is 3.57. The summed E-state index contributed by atoms with van der Waals surface area (Å²) in [5.41, 5.74) is 6.82. The van der Waals surface area contributed by atoms with Crippen LogP contribution in [0, 0.1) is 17.1 Å². The van der Waals surface area contributed by atoms with Crippen LogP contribution in [0.3, 0.4) is 0 Å². The van der Waals surface area contributed by atoms with Gasteiger partial charge in [0.15, 0.2) is 6.10 Å². The van der Waals surface area contributed by atoms with Crippen LogP contribution in [-0.2, 0) is 11.3 Å². The second-order valence-electron chi connectivity index (χ2n) is 4.12. The van der Waals surface area contributed by atoms with Crippen molar-refractivity contribution >= 4 is 5.69 Å². The smallest absolute Gasteiger partial charge is 0.156 e. The summed E-state index contributed by atoms with van der Waals surface area (Å²) in [7, 11) is 0. The Bertz CT molecular complexity index is 424. The van der Waals surface area contributed by atoms with E-state index in [2.05, 4.69) is 11.0 Å². The summed E-state index contributed by atoms with van der Waals surface area (Å²) < 4.78 is 18.4. The molecule has 0 aromatic heterocycles. The first-order chi connectivity index (χ1) is 8.17.